The minimum Gasteiger partial charge on any atom is -0.481 e. The Morgan fingerprint density at radius 3 is 2.55 bits per heavy atom. The highest BCUT2D eigenvalue weighted by atomic mass is 32.1. The number of carboxylic acids is 1. The van der Waals surface area contributed by atoms with E-state index in [4.69, 9.17) is 0 Å². The van der Waals surface area contributed by atoms with Gasteiger partial charge in [-0.05, 0) is 13.3 Å². The lowest BCUT2D eigenvalue weighted by atomic mass is 9.90. The van der Waals surface area contributed by atoms with Gasteiger partial charge in [0.2, 0.25) is 0 Å². The number of carboxylic acid groups (broad SMARTS) is 1. The van der Waals surface area contributed by atoms with Crippen LogP contribution in [0.2, 0.25) is 0 Å². The van der Waals surface area contributed by atoms with Crippen molar-refractivity contribution >= 4 is 23.2 Å². The third kappa shape index (κ3) is 2.70. The summed E-state index contributed by atoms with van der Waals surface area (Å²) in [6, 6.07) is 0. The number of hydrogen-bond donors (Lipinski definition) is 1. The van der Waals surface area contributed by atoms with Crippen LogP contribution in [0.25, 0.3) is 0 Å². The molecule has 6 heteroatoms. The molecule has 2 heterocycles. The summed E-state index contributed by atoms with van der Waals surface area (Å²) in [6.45, 7) is 8.57. The Kier molecular flexibility index (Phi) is 3.62. The Morgan fingerprint density at radius 1 is 1.45 bits per heavy atom. The number of rotatable bonds is 2. The number of thiazole rings is 1. The van der Waals surface area contributed by atoms with Gasteiger partial charge in [-0.2, -0.15) is 0 Å². The molecule has 20 heavy (non-hydrogen) atoms. The highest BCUT2D eigenvalue weighted by molar-refractivity contribution is 7.10. The molecule has 0 spiro atoms. The smallest absolute Gasteiger partial charge is 0.311 e. The van der Waals surface area contributed by atoms with E-state index in [1.54, 1.807) is 17.2 Å². The second-order valence-corrected chi connectivity index (χ2v) is 7.49. The van der Waals surface area contributed by atoms with E-state index >= 15 is 0 Å². The lowest BCUT2D eigenvalue weighted by Gasteiger charge is -2.19. The first-order valence-electron chi connectivity index (χ1n) is 6.62. The maximum absolute atomic E-state index is 12.4. The number of carbonyl (C=O) groups excluding carboxylic acids is 1. The number of nitrogens with zero attached hydrogens (tertiary/aromatic N) is 2. The number of likely N-dealkylation sites (tertiary alicyclic amines) is 1. The Morgan fingerprint density at radius 2 is 2.10 bits per heavy atom. The molecule has 1 fully saturated rings. The average molecular weight is 296 g/mol. The molecule has 110 valence electrons. The van der Waals surface area contributed by atoms with E-state index in [1.165, 1.54) is 11.3 Å². The van der Waals surface area contributed by atoms with Crippen molar-refractivity contribution in [3.63, 3.8) is 0 Å². The summed E-state index contributed by atoms with van der Waals surface area (Å²) >= 11 is 1.47. The van der Waals surface area contributed by atoms with E-state index in [9.17, 15) is 14.7 Å². The summed E-state index contributed by atoms with van der Waals surface area (Å²) < 4.78 is 0. The molecule has 1 N–H and O–H groups in total. The van der Waals surface area contributed by atoms with Crippen molar-refractivity contribution in [2.24, 2.45) is 5.41 Å². The Bertz CT molecular complexity index is 547. The molecule has 5 nitrogen and oxygen atoms in total. The molecule has 1 amide bonds. The molecule has 1 aliphatic heterocycles. The Balaban J connectivity index is 2.14. The van der Waals surface area contributed by atoms with Crippen molar-refractivity contribution in [1.82, 2.24) is 9.88 Å². The van der Waals surface area contributed by atoms with Gasteiger partial charge in [0.05, 0.1) is 10.4 Å². The maximum atomic E-state index is 12.4. The van der Waals surface area contributed by atoms with Crippen molar-refractivity contribution in [1.29, 1.82) is 0 Å². The summed E-state index contributed by atoms with van der Waals surface area (Å²) in [4.78, 5) is 29.6. The second kappa shape index (κ2) is 4.84. The van der Waals surface area contributed by atoms with Crippen molar-refractivity contribution in [3.8, 4) is 0 Å². The molecule has 0 aromatic carbocycles. The van der Waals surface area contributed by atoms with Crippen LogP contribution in [0.3, 0.4) is 0 Å². The first-order valence-corrected chi connectivity index (χ1v) is 7.50. The van der Waals surface area contributed by atoms with Crippen LogP contribution in [0, 0.1) is 5.41 Å². The van der Waals surface area contributed by atoms with E-state index in [0.29, 0.717) is 18.7 Å². The lowest BCUT2D eigenvalue weighted by molar-refractivity contribution is -0.147. The molecule has 0 saturated carbocycles. The van der Waals surface area contributed by atoms with Crippen molar-refractivity contribution in [2.75, 3.05) is 13.1 Å². The van der Waals surface area contributed by atoms with Gasteiger partial charge >= 0.3 is 5.97 Å². The van der Waals surface area contributed by atoms with Crippen LogP contribution in [0.5, 0.6) is 0 Å². The molecule has 0 radical (unpaired) electrons. The topological polar surface area (TPSA) is 70.5 Å². The third-order valence-electron chi connectivity index (χ3n) is 3.64. The molecule has 1 unspecified atom stereocenters. The zero-order valence-electron chi connectivity index (χ0n) is 12.3. The average Bonchev–Trinajstić information content (AvgIpc) is 2.94. The van der Waals surface area contributed by atoms with Crippen LogP contribution in [0.15, 0.2) is 5.38 Å². The number of aromatic nitrogens is 1. The fraction of sp³-hybridized carbons (Fsp3) is 0.643. The summed E-state index contributed by atoms with van der Waals surface area (Å²) in [5.74, 6) is -1.01. The molecule has 1 atom stereocenters. The van der Waals surface area contributed by atoms with Crippen LogP contribution in [-0.2, 0) is 10.2 Å². The van der Waals surface area contributed by atoms with Gasteiger partial charge in [-0.3, -0.25) is 9.59 Å². The van der Waals surface area contributed by atoms with E-state index < -0.39 is 11.4 Å². The third-order valence-corrected chi connectivity index (χ3v) is 4.91. The lowest BCUT2D eigenvalue weighted by Crippen LogP contribution is -2.35. The van der Waals surface area contributed by atoms with Gasteiger partial charge in [0.25, 0.3) is 5.91 Å². The van der Waals surface area contributed by atoms with Crippen LogP contribution < -0.4 is 0 Å². The predicted octanol–water partition coefficient (Wildman–Crippen LogP) is 2.38. The predicted molar refractivity (Wildman–Crippen MR) is 77.1 cm³/mol. The molecule has 1 saturated heterocycles. The van der Waals surface area contributed by atoms with E-state index in [2.05, 4.69) is 25.8 Å². The van der Waals surface area contributed by atoms with Gasteiger partial charge in [0.15, 0.2) is 0 Å². The van der Waals surface area contributed by atoms with Gasteiger partial charge in [0, 0.05) is 23.9 Å². The number of hydrogen-bond acceptors (Lipinski definition) is 4. The van der Waals surface area contributed by atoms with Gasteiger partial charge < -0.3 is 10.0 Å². The standard InChI is InChI=1S/C14H20N2O3S/c1-13(2,3)11-15-9(7-20-11)10(17)16-6-5-14(4,8-16)12(18)19/h7H,5-6,8H2,1-4H3,(H,18,19). The summed E-state index contributed by atoms with van der Waals surface area (Å²) in [7, 11) is 0. The largest absolute Gasteiger partial charge is 0.481 e. The highest BCUT2D eigenvalue weighted by Crippen LogP contribution is 2.32. The molecule has 0 aliphatic carbocycles. The maximum Gasteiger partial charge on any atom is 0.311 e. The monoisotopic (exact) mass is 296 g/mol. The van der Waals surface area contributed by atoms with Crippen molar-refractivity contribution < 1.29 is 14.7 Å². The highest BCUT2D eigenvalue weighted by Gasteiger charge is 2.42. The van der Waals surface area contributed by atoms with Gasteiger partial charge in [-0.25, -0.2) is 4.98 Å². The SMILES string of the molecule is CC1(C(=O)O)CCN(C(=O)c2csc(C(C)(C)C)n2)C1. The van der Waals surface area contributed by atoms with Gasteiger partial charge in [0.1, 0.15) is 5.69 Å². The van der Waals surface area contributed by atoms with E-state index in [1.807, 2.05) is 0 Å². The van der Waals surface area contributed by atoms with Crippen molar-refractivity contribution in [3.05, 3.63) is 16.1 Å². The molecule has 1 aromatic heterocycles. The number of carbonyl (C=O) groups is 2. The van der Waals surface area contributed by atoms with Crippen molar-refractivity contribution in [2.45, 2.75) is 39.5 Å². The van der Waals surface area contributed by atoms with Crippen LogP contribution in [-0.4, -0.2) is 40.0 Å². The van der Waals surface area contributed by atoms with Gasteiger partial charge in [-0.1, -0.05) is 20.8 Å². The summed E-state index contributed by atoms with van der Waals surface area (Å²) in [5.41, 5.74) is -0.489. The van der Waals surface area contributed by atoms with E-state index in [0.717, 1.165) is 5.01 Å². The van der Waals surface area contributed by atoms with Crippen LogP contribution in [0.1, 0.15) is 49.6 Å². The molecular formula is C14H20N2O3S. The summed E-state index contributed by atoms with van der Waals surface area (Å²) in [6.07, 6.45) is 0.490. The molecular weight excluding hydrogens is 276 g/mol. The van der Waals surface area contributed by atoms with Crippen LogP contribution in [0.4, 0.5) is 0 Å². The Labute approximate surface area is 122 Å². The minimum absolute atomic E-state index is 0.0796. The zero-order chi connectivity index (χ0) is 15.1. The van der Waals surface area contributed by atoms with Gasteiger partial charge in [-0.15, -0.1) is 11.3 Å². The molecule has 2 rings (SSSR count). The molecule has 1 aliphatic rings. The number of amides is 1. The fourth-order valence-corrected chi connectivity index (χ4v) is 3.07. The fourth-order valence-electron chi connectivity index (χ4n) is 2.19. The first-order chi connectivity index (χ1) is 9.13. The molecule has 1 aromatic rings. The zero-order valence-corrected chi connectivity index (χ0v) is 13.1. The Hall–Kier alpha value is -1.43. The van der Waals surface area contributed by atoms with Crippen LogP contribution >= 0.6 is 11.3 Å². The minimum atomic E-state index is -0.846. The van der Waals surface area contributed by atoms with E-state index in [-0.39, 0.29) is 17.9 Å². The second-order valence-electron chi connectivity index (χ2n) is 6.63. The first kappa shape index (κ1) is 15.0. The quantitative estimate of drug-likeness (QED) is 0.909. The normalized spacial score (nSPS) is 23.1. The molecule has 0 bridgehead atoms. The summed E-state index contributed by atoms with van der Waals surface area (Å²) in [5, 5.41) is 11.9. The number of aliphatic carboxylic acids is 1.